The molecule has 0 aliphatic rings. The maximum absolute atomic E-state index is 5.57. The van der Waals surface area contributed by atoms with Crippen molar-refractivity contribution in [1.29, 1.82) is 0 Å². The molecule has 0 bridgehead atoms. The van der Waals surface area contributed by atoms with Gasteiger partial charge < -0.3 is 4.74 Å². The van der Waals surface area contributed by atoms with Crippen LogP contribution in [0.1, 0.15) is 18.9 Å². The summed E-state index contributed by atoms with van der Waals surface area (Å²) in [6, 6.07) is 6.35. The van der Waals surface area contributed by atoms with E-state index in [-0.39, 0.29) is 0 Å². The summed E-state index contributed by atoms with van der Waals surface area (Å²) in [6.07, 6.45) is 2.23. The molecule has 0 aromatic heterocycles. The fraction of sp³-hybridized carbons (Fsp3) is 0.455. The lowest BCUT2D eigenvalue weighted by atomic mass is 10.1. The maximum Gasteiger partial charge on any atom is 0.122 e. The molecule has 78 valence electrons. The third-order valence-electron chi connectivity index (χ3n) is 1.90. The topological polar surface area (TPSA) is 9.23 Å². The van der Waals surface area contributed by atoms with Crippen LogP contribution >= 0.6 is 38.5 Å². The highest BCUT2D eigenvalue weighted by Crippen LogP contribution is 2.22. The molecule has 0 heterocycles. The average molecular weight is 369 g/mol. The van der Waals surface area contributed by atoms with Gasteiger partial charge in [0.15, 0.2) is 0 Å². The van der Waals surface area contributed by atoms with Gasteiger partial charge in [-0.15, -0.1) is 0 Å². The van der Waals surface area contributed by atoms with E-state index in [9.17, 15) is 0 Å². The van der Waals surface area contributed by atoms with Gasteiger partial charge in [-0.05, 0) is 66.1 Å². The summed E-state index contributed by atoms with van der Waals surface area (Å²) in [5.74, 6) is 1.04. The van der Waals surface area contributed by atoms with Crippen LogP contribution in [0.2, 0.25) is 0 Å². The highest BCUT2D eigenvalue weighted by Gasteiger charge is 2.03. The molecule has 1 aromatic carbocycles. The molecule has 3 heteroatoms. The quantitative estimate of drug-likeness (QED) is 0.563. The van der Waals surface area contributed by atoms with Crippen molar-refractivity contribution in [2.75, 3.05) is 11.9 Å². The third kappa shape index (κ3) is 3.77. The monoisotopic (exact) mass is 368 g/mol. The number of rotatable bonds is 5. The molecule has 1 aromatic rings. The Morgan fingerprint density at radius 1 is 1.43 bits per heavy atom. The van der Waals surface area contributed by atoms with E-state index in [2.05, 4.69) is 56.7 Å². The molecule has 0 radical (unpaired) electrons. The standard InChI is InChI=1S/C11H14BrIO/c1-2-14-11-6-5-10(13)8-9(11)4-3-7-12/h5-6,8H,2-4,7H2,1H3. The van der Waals surface area contributed by atoms with Crippen LogP contribution in [0, 0.1) is 3.57 Å². The molecule has 0 aliphatic carbocycles. The summed E-state index contributed by atoms with van der Waals surface area (Å²) in [6.45, 7) is 2.76. The van der Waals surface area contributed by atoms with Gasteiger partial charge in [-0.2, -0.15) is 0 Å². The van der Waals surface area contributed by atoms with E-state index in [1.165, 1.54) is 9.13 Å². The summed E-state index contributed by atoms with van der Waals surface area (Å²) in [7, 11) is 0. The number of alkyl halides is 1. The van der Waals surface area contributed by atoms with Crippen molar-refractivity contribution in [3.63, 3.8) is 0 Å². The van der Waals surface area contributed by atoms with Gasteiger partial charge in [-0.3, -0.25) is 0 Å². The van der Waals surface area contributed by atoms with Crippen LogP contribution in [0.25, 0.3) is 0 Å². The Labute approximate surface area is 107 Å². The Balaban J connectivity index is 2.79. The van der Waals surface area contributed by atoms with Crippen LogP contribution in [0.15, 0.2) is 18.2 Å². The normalized spacial score (nSPS) is 10.2. The molecule has 0 amide bonds. The Bertz CT molecular complexity index is 289. The second-order valence-corrected chi connectivity index (χ2v) is 5.02. The van der Waals surface area contributed by atoms with Crippen molar-refractivity contribution in [2.45, 2.75) is 19.8 Å². The Hall–Kier alpha value is 0.230. The number of hydrogen-bond donors (Lipinski definition) is 0. The van der Waals surface area contributed by atoms with E-state index in [4.69, 9.17) is 4.74 Å². The fourth-order valence-corrected chi connectivity index (χ4v) is 2.13. The highest BCUT2D eigenvalue weighted by atomic mass is 127. The zero-order valence-corrected chi connectivity index (χ0v) is 12.0. The van der Waals surface area contributed by atoms with Gasteiger partial charge >= 0.3 is 0 Å². The van der Waals surface area contributed by atoms with Gasteiger partial charge in [0.2, 0.25) is 0 Å². The Morgan fingerprint density at radius 3 is 2.86 bits per heavy atom. The maximum atomic E-state index is 5.57. The minimum atomic E-state index is 0.738. The molecule has 0 spiro atoms. The summed E-state index contributed by atoms with van der Waals surface area (Å²) < 4.78 is 6.84. The molecule has 1 rings (SSSR count). The number of halogens is 2. The molecule has 1 nitrogen and oxygen atoms in total. The van der Waals surface area contributed by atoms with Gasteiger partial charge in [-0.25, -0.2) is 0 Å². The van der Waals surface area contributed by atoms with E-state index in [0.717, 1.165) is 30.5 Å². The first-order valence-corrected chi connectivity index (χ1v) is 6.95. The smallest absolute Gasteiger partial charge is 0.122 e. The van der Waals surface area contributed by atoms with E-state index >= 15 is 0 Å². The molecule has 0 aliphatic heterocycles. The van der Waals surface area contributed by atoms with Gasteiger partial charge in [0.1, 0.15) is 5.75 Å². The number of aryl methyl sites for hydroxylation is 1. The second kappa shape index (κ2) is 6.67. The lowest BCUT2D eigenvalue weighted by molar-refractivity contribution is 0.336. The van der Waals surface area contributed by atoms with Gasteiger partial charge in [0.05, 0.1) is 6.61 Å². The van der Waals surface area contributed by atoms with E-state index in [1.54, 1.807) is 0 Å². The van der Waals surface area contributed by atoms with Crippen LogP contribution in [0.5, 0.6) is 5.75 Å². The van der Waals surface area contributed by atoms with Crippen molar-refractivity contribution in [3.8, 4) is 5.75 Å². The first-order valence-electron chi connectivity index (χ1n) is 4.75. The van der Waals surface area contributed by atoms with Crippen molar-refractivity contribution in [1.82, 2.24) is 0 Å². The lowest BCUT2D eigenvalue weighted by Crippen LogP contribution is -1.97. The van der Waals surface area contributed by atoms with Crippen LogP contribution in [-0.2, 0) is 6.42 Å². The van der Waals surface area contributed by atoms with E-state index < -0.39 is 0 Å². The second-order valence-electron chi connectivity index (χ2n) is 2.98. The lowest BCUT2D eigenvalue weighted by Gasteiger charge is -2.09. The van der Waals surface area contributed by atoms with Gasteiger partial charge in [0.25, 0.3) is 0 Å². The number of hydrogen-bond acceptors (Lipinski definition) is 1. The number of ether oxygens (including phenoxy) is 1. The molecule has 0 fully saturated rings. The fourth-order valence-electron chi connectivity index (χ4n) is 1.30. The first kappa shape index (κ1) is 12.3. The molecule has 0 unspecified atom stereocenters. The van der Waals surface area contributed by atoms with Crippen LogP contribution < -0.4 is 4.74 Å². The zero-order valence-electron chi connectivity index (χ0n) is 8.22. The molecule has 0 saturated heterocycles. The van der Waals surface area contributed by atoms with Crippen molar-refractivity contribution in [2.24, 2.45) is 0 Å². The van der Waals surface area contributed by atoms with Crippen LogP contribution in [-0.4, -0.2) is 11.9 Å². The molecular weight excluding hydrogens is 355 g/mol. The average Bonchev–Trinajstić information content (AvgIpc) is 2.18. The number of benzene rings is 1. The Kier molecular flexibility index (Phi) is 5.86. The summed E-state index contributed by atoms with van der Waals surface area (Å²) in [4.78, 5) is 0. The largest absolute Gasteiger partial charge is 0.494 e. The van der Waals surface area contributed by atoms with Crippen LogP contribution in [0.3, 0.4) is 0 Å². The van der Waals surface area contributed by atoms with Crippen molar-refractivity contribution >= 4 is 38.5 Å². The van der Waals surface area contributed by atoms with Crippen LogP contribution in [0.4, 0.5) is 0 Å². The SMILES string of the molecule is CCOc1ccc(I)cc1CCCBr. The molecule has 14 heavy (non-hydrogen) atoms. The van der Waals surface area contributed by atoms with E-state index in [1.807, 2.05) is 6.92 Å². The zero-order chi connectivity index (χ0) is 10.4. The summed E-state index contributed by atoms with van der Waals surface area (Å²) in [5.41, 5.74) is 1.32. The minimum Gasteiger partial charge on any atom is -0.494 e. The Morgan fingerprint density at radius 2 is 2.21 bits per heavy atom. The highest BCUT2D eigenvalue weighted by molar-refractivity contribution is 14.1. The predicted octanol–water partition coefficient (Wildman–Crippen LogP) is 4.02. The molecule has 0 atom stereocenters. The third-order valence-corrected chi connectivity index (χ3v) is 3.13. The van der Waals surface area contributed by atoms with Crippen molar-refractivity contribution < 1.29 is 4.74 Å². The minimum absolute atomic E-state index is 0.738. The van der Waals surface area contributed by atoms with Gasteiger partial charge in [0, 0.05) is 8.90 Å². The molecule has 0 saturated carbocycles. The summed E-state index contributed by atoms with van der Waals surface area (Å²) >= 11 is 5.78. The van der Waals surface area contributed by atoms with Crippen molar-refractivity contribution in [3.05, 3.63) is 27.3 Å². The molecule has 0 N–H and O–H groups in total. The summed E-state index contributed by atoms with van der Waals surface area (Å²) in [5, 5.41) is 1.05. The van der Waals surface area contributed by atoms with Gasteiger partial charge in [-0.1, -0.05) is 15.9 Å². The van der Waals surface area contributed by atoms with E-state index in [0.29, 0.717) is 0 Å². The first-order chi connectivity index (χ1) is 6.77. The molecular formula is C11H14BrIO. The predicted molar refractivity (Wildman–Crippen MR) is 72.4 cm³/mol.